The third-order valence-corrected chi connectivity index (χ3v) is 4.23. The van der Waals surface area contributed by atoms with Crippen molar-refractivity contribution in [3.8, 4) is 11.4 Å². The summed E-state index contributed by atoms with van der Waals surface area (Å²) in [5.74, 6) is 0.813. The highest BCUT2D eigenvalue weighted by molar-refractivity contribution is 5.90. The monoisotopic (exact) mass is 345 g/mol. The first-order valence-corrected chi connectivity index (χ1v) is 7.78. The molecule has 0 aromatic carbocycles. The van der Waals surface area contributed by atoms with Gasteiger partial charge in [0.25, 0.3) is 0 Å². The number of nitrogens with one attached hydrogen (secondary N) is 1. The van der Waals surface area contributed by atoms with Gasteiger partial charge in [-0.05, 0) is 38.0 Å². The summed E-state index contributed by atoms with van der Waals surface area (Å²) in [5.41, 5.74) is -0.165. The second kappa shape index (κ2) is 5.37. The van der Waals surface area contributed by atoms with Crippen LogP contribution in [-0.4, -0.2) is 25.5 Å². The Balaban J connectivity index is 1.85. The highest BCUT2D eigenvalue weighted by atomic mass is 19.4. The van der Waals surface area contributed by atoms with E-state index in [1.165, 1.54) is 6.07 Å². The average Bonchev–Trinajstić information content (AvgIpc) is 3.31. The first kappa shape index (κ1) is 15.7. The smallest absolute Gasteiger partial charge is 0.364 e. The van der Waals surface area contributed by atoms with Crippen LogP contribution in [0, 0.1) is 0 Å². The van der Waals surface area contributed by atoms with Crippen molar-refractivity contribution in [2.24, 2.45) is 0 Å². The maximum Gasteiger partial charge on any atom is 0.433 e. The van der Waals surface area contributed by atoms with Crippen molar-refractivity contribution in [2.75, 3.05) is 5.32 Å². The Kier molecular flexibility index (Phi) is 3.38. The zero-order valence-corrected chi connectivity index (χ0v) is 13.3. The number of alkyl halides is 3. The van der Waals surface area contributed by atoms with Crippen molar-refractivity contribution in [1.29, 1.82) is 0 Å². The minimum absolute atomic E-state index is 0.0306. The quantitative estimate of drug-likeness (QED) is 0.775. The van der Waals surface area contributed by atoms with Gasteiger partial charge in [0.1, 0.15) is 11.5 Å². The number of aromatic nitrogens is 4. The molecular formula is C17H14F3N5. The molecule has 25 heavy (non-hydrogen) atoms. The van der Waals surface area contributed by atoms with Crippen LogP contribution in [0.25, 0.3) is 22.3 Å². The molecule has 1 N–H and O–H groups in total. The molecule has 128 valence electrons. The number of hydrogen-bond donors (Lipinski definition) is 1. The molecule has 4 rings (SSSR count). The van der Waals surface area contributed by atoms with Crippen LogP contribution in [-0.2, 0) is 6.18 Å². The van der Waals surface area contributed by atoms with Crippen LogP contribution in [0.5, 0.6) is 0 Å². The second-order valence-corrected chi connectivity index (χ2v) is 6.40. The van der Waals surface area contributed by atoms with Crippen LogP contribution in [0.1, 0.15) is 25.5 Å². The van der Waals surface area contributed by atoms with Crippen molar-refractivity contribution < 1.29 is 13.2 Å². The van der Waals surface area contributed by atoms with Crippen LogP contribution in [0.2, 0.25) is 0 Å². The molecule has 0 bridgehead atoms. The van der Waals surface area contributed by atoms with Crippen LogP contribution in [0.3, 0.4) is 0 Å². The largest absolute Gasteiger partial charge is 0.433 e. The van der Waals surface area contributed by atoms with Crippen molar-refractivity contribution in [1.82, 2.24) is 19.9 Å². The highest BCUT2D eigenvalue weighted by Crippen LogP contribution is 2.39. The summed E-state index contributed by atoms with van der Waals surface area (Å²) in [6.07, 6.45) is 1.85. The molecule has 1 aliphatic carbocycles. The van der Waals surface area contributed by atoms with Gasteiger partial charge >= 0.3 is 6.18 Å². The Hall–Kier alpha value is -2.77. The lowest BCUT2D eigenvalue weighted by Gasteiger charge is -2.15. The molecule has 1 fully saturated rings. The fourth-order valence-corrected chi connectivity index (χ4v) is 2.53. The molecule has 3 heterocycles. The number of anilines is 1. The Bertz CT molecular complexity index is 950. The summed E-state index contributed by atoms with van der Waals surface area (Å²) in [6, 6.07) is 4.22. The van der Waals surface area contributed by atoms with Gasteiger partial charge in [-0.3, -0.25) is 9.97 Å². The van der Waals surface area contributed by atoms with Gasteiger partial charge in [0, 0.05) is 28.9 Å². The number of halogens is 3. The van der Waals surface area contributed by atoms with E-state index in [-0.39, 0.29) is 16.9 Å². The van der Waals surface area contributed by atoms with Crippen molar-refractivity contribution >= 4 is 16.7 Å². The Labute approximate surface area is 141 Å². The Morgan fingerprint density at radius 2 is 1.92 bits per heavy atom. The number of fused-ring (bicyclic) bond motifs is 1. The minimum atomic E-state index is -4.52. The van der Waals surface area contributed by atoms with E-state index < -0.39 is 11.9 Å². The second-order valence-electron chi connectivity index (χ2n) is 6.40. The third-order valence-electron chi connectivity index (χ3n) is 4.23. The molecule has 0 saturated heterocycles. The van der Waals surface area contributed by atoms with Gasteiger partial charge < -0.3 is 5.32 Å². The van der Waals surface area contributed by atoms with E-state index in [0.29, 0.717) is 11.3 Å². The summed E-state index contributed by atoms with van der Waals surface area (Å²) in [7, 11) is 0. The highest BCUT2D eigenvalue weighted by Gasteiger charge is 2.38. The van der Waals surface area contributed by atoms with Gasteiger partial charge in [-0.1, -0.05) is 0 Å². The maximum absolute atomic E-state index is 12.9. The average molecular weight is 345 g/mol. The zero-order valence-electron chi connectivity index (χ0n) is 13.3. The molecule has 0 aliphatic heterocycles. The first-order valence-electron chi connectivity index (χ1n) is 7.78. The predicted octanol–water partition coefficient (Wildman–Crippen LogP) is 4.07. The summed E-state index contributed by atoms with van der Waals surface area (Å²) in [4.78, 5) is 16.3. The van der Waals surface area contributed by atoms with Crippen LogP contribution in [0.15, 0.2) is 36.8 Å². The van der Waals surface area contributed by atoms with E-state index in [0.717, 1.165) is 30.5 Å². The van der Waals surface area contributed by atoms with Crippen molar-refractivity contribution in [2.45, 2.75) is 31.5 Å². The lowest BCUT2D eigenvalue weighted by molar-refractivity contribution is -0.141. The van der Waals surface area contributed by atoms with Crippen LogP contribution < -0.4 is 5.32 Å². The van der Waals surface area contributed by atoms with Gasteiger partial charge in [-0.25, -0.2) is 9.97 Å². The van der Waals surface area contributed by atoms with E-state index >= 15 is 0 Å². The number of rotatable bonds is 3. The van der Waals surface area contributed by atoms with Crippen molar-refractivity contribution in [3.63, 3.8) is 0 Å². The van der Waals surface area contributed by atoms with Gasteiger partial charge in [0.15, 0.2) is 5.82 Å². The summed E-state index contributed by atoms with van der Waals surface area (Å²) in [5, 5.41) is 4.16. The molecular weight excluding hydrogens is 331 g/mol. The topological polar surface area (TPSA) is 63.6 Å². The van der Waals surface area contributed by atoms with Crippen LogP contribution >= 0.6 is 0 Å². The molecule has 0 spiro atoms. The van der Waals surface area contributed by atoms with E-state index in [9.17, 15) is 13.2 Å². The minimum Gasteiger partial charge on any atom is -0.364 e. The van der Waals surface area contributed by atoms with Gasteiger partial charge in [-0.15, -0.1) is 0 Å². The number of hydrogen-bond acceptors (Lipinski definition) is 5. The van der Waals surface area contributed by atoms with Gasteiger partial charge in [0.2, 0.25) is 0 Å². The summed E-state index contributed by atoms with van der Waals surface area (Å²) < 4.78 is 38.8. The third kappa shape index (κ3) is 3.11. The number of nitrogens with zero attached hydrogens (tertiary/aromatic N) is 4. The molecule has 0 radical (unpaired) electrons. The summed E-state index contributed by atoms with van der Waals surface area (Å²) >= 11 is 0. The van der Waals surface area contributed by atoms with Gasteiger partial charge in [-0.2, -0.15) is 13.2 Å². The van der Waals surface area contributed by atoms with E-state index in [4.69, 9.17) is 0 Å². The zero-order chi connectivity index (χ0) is 17.7. The number of pyridine rings is 2. The fraction of sp³-hybridized carbons (Fsp3) is 0.294. The molecule has 0 amide bonds. The molecule has 3 aromatic heterocycles. The molecule has 0 atom stereocenters. The Morgan fingerprint density at radius 1 is 1.12 bits per heavy atom. The van der Waals surface area contributed by atoms with E-state index in [1.807, 2.05) is 0 Å². The molecule has 3 aromatic rings. The standard InChI is InChI=1S/C17H14F3N5/c1-16(4-5-16)25-15-11-3-6-21-9-12(11)23-14(24-15)10-2-7-22-13(8-10)17(18,19)20/h2-3,6-9H,4-5H2,1H3,(H,23,24,25). The molecule has 0 unspecified atom stereocenters. The Morgan fingerprint density at radius 3 is 2.64 bits per heavy atom. The normalized spacial score (nSPS) is 16.0. The van der Waals surface area contributed by atoms with Crippen molar-refractivity contribution in [3.05, 3.63) is 42.5 Å². The van der Waals surface area contributed by atoms with Crippen LogP contribution in [0.4, 0.5) is 19.0 Å². The predicted molar refractivity (Wildman–Crippen MR) is 86.8 cm³/mol. The lowest BCUT2D eigenvalue weighted by Crippen LogP contribution is -2.17. The lowest BCUT2D eigenvalue weighted by atomic mass is 10.2. The molecule has 1 aliphatic rings. The molecule has 5 nitrogen and oxygen atoms in total. The van der Waals surface area contributed by atoms with E-state index in [2.05, 4.69) is 32.2 Å². The molecule has 1 saturated carbocycles. The molecule has 8 heteroatoms. The first-order chi connectivity index (χ1) is 11.8. The van der Waals surface area contributed by atoms with E-state index in [1.54, 1.807) is 18.5 Å². The summed E-state index contributed by atoms with van der Waals surface area (Å²) in [6.45, 7) is 2.08. The SMILES string of the molecule is CC1(Nc2nc(-c3ccnc(C(F)(F)F)c3)nc3cnccc23)CC1. The maximum atomic E-state index is 12.9. The van der Waals surface area contributed by atoms with Gasteiger partial charge in [0.05, 0.1) is 11.7 Å². The fourth-order valence-electron chi connectivity index (χ4n) is 2.53.